The number of pyridine rings is 1. The second-order valence-electron chi connectivity index (χ2n) is 6.84. The van der Waals surface area contributed by atoms with Crippen LogP contribution in [0.1, 0.15) is 12.5 Å². The summed E-state index contributed by atoms with van der Waals surface area (Å²) >= 11 is 0. The average molecular weight is 526 g/mol. The summed E-state index contributed by atoms with van der Waals surface area (Å²) in [6.45, 7) is 7.89. The molecule has 1 aliphatic heterocycles. The topological polar surface area (TPSA) is 88.2 Å². The minimum absolute atomic E-state index is 0. The number of piperazine rings is 1. The van der Waals surface area contributed by atoms with Crippen molar-refractivity contribution in [1.82, 2.24) is 9.88 Å². The molecule has 0 amide bonds. The molecule has 1 aromatic heterocycles. The highest BCUT2D eigenvalue weighted by molar-refractivity contribution is 14.0. The summed E-state index contributed by atoms with van der Waals surface area (Å²) in [6.07, 6.45) is 1.83. The van der Waals surface area contributed by atoms with Crippen LogP contribution in [-0.2, 0) is 6.54 Å². The van der Waals surface area contributed by atoms with Crippen LogP contribution in [0.4, 0.5) is 11.5 Å². The standard InChI is InChI=1S/C21H30N6O2.HI/c1-4-26-9-11-27(12-10-26)20-13-16(7-8-23-20)15-24-21(22)25-18-14-17(28-2)5-6-19(18)29-3;/h5-8,13-14H,4,9-12,15H2,1-3H3,(H3,22,24,25);1H. The lowest BCUT2D eigenvalue weighted by Gasteiger charge is -2.34. The number of likely N-dealkylation sites (N-methyl/N-ethyl adjacent to an activating group) is 1. The fraction of sp³-hybridized carbons (Fsp3) is 0.429. The molecule has 0 radical (unpaired) electrons. The van der Waals surface area contributed by atoms with E-state index in [1.165, 1.54) is 0 Å². The van der Waals surface area contributed by atoms with Crippen LogP contribution in [0.15, 0.2) is 41.5 Å². The van der Waals surface area contributed by atoms with Crippen LogP contribution in [0.5, 0.6) is 11.5 Å². The van der Waals surface area contributed by atoms with Gasteiger partial charge in [0, 0.05) is 38.4 Å². The van der Waals surface area contributed by atoms with Gasteiger partial charge in [0.05, 0.1) is 26.5 Å². The number of aromatic nitrogens is 1. The summed E-state index contributed by atoms with van der Waals surface area (Å²) in [4.78, 5) is 13.8. The van der Waals surface area contributed by atoms with Gasteiger partial charge >= 0.3 is 0 Å². The summed E-state index contributed by atoms with van der Waals surface area (Å²) in [6, 6.07) is 9.53. The molecule has 9 heteroatoms. The molecule has 0 saturated carbocycles. The van der Waals surface area contributed by atoms with E-state index in [2.05, 4.69) is 38.1 Å². The molecular weight excluding hydrogens is 495 g/mol. The molecular formula is C21H31IN6O2. The molecule has 0 atom stereocenters. The largest absolute Gasteiger partial charge is 0.497 e. The molecule has 1 fully saturated rings. The number of hydrogen-bond acceptors (Lipinski definition) is 6. The highest BCUT2D eigenvalue weighted by Gasteiger charge is 2.16. The van der Waals surface area contributed by atoms with Crippen LogP contribution in [0.25, 0.3) is 0 Å². The van der Waals surface area contributed by atoms with Gasteiger partial charge in [0.1, 0.15) is 17.3 Å². The van der Waals surface area contributed by atoms with Crippen molar-refractivity contribution >= 4 is 41.4 Å². The van der Waals surface area contributed by atoms with Crippen LogP contribution in [0.2, 0.25) is 0 Å². The zero-order valence-electron chi connectivity index (χ0n) is 17.8. The minimum atomic E-state index is 0. The molecule has 0 bridgehead atoms. The molecule has 2 aromatic rings. The zero-order chi connectivity index (χ0) is 20.6. The molecule has 1 aliphatic rings. The fourth-order valence-electron chi connectivity index (χ4n) is 3.29. The third-order valence-electron chi connectivity index (χ3n) is 5.05. The molecule has 164 valence electrons. The van der Waals surface area contributed by atoms with Crippen molar-refractivity contribution in [3.63, 3.8) is 0 Å². The van der Waals surface area contributed by atoms with Crippen LogP contribution >= 0.6 is 24.0 Å². The van der Waals surface area contributed by atoms with E-state index < -0.39 is 0 Å². The Morgan fingerprint density at radius 1 is 1.13 bits per heavy atom. The molecule has 1 saturated heterocycles. The number of methoxy groups -OCH3 is 2. The quantitative estimate of drug-likeness (QED) is 0.326. The summed E-state index contributed by atoms with van der Waals surface area (Å²) in [7, 11) is 3.23. The zero-order valence-corrected chi connectivity index (χ0v) is 20.1. The maximum Gasteiger partial charge on any atom is 0.193 e. The Labute approximate surface area is 195 Å². The number of rotatable bonds is 7. The highest BCUT2D eigenvalue weighted by Crippen LogP contribution is 2.28. The van der Waals surface area contributed by atoms with Gasteiger partial charge in [-0.1, -0.05) is 6.92 Å². The summed E-state index contributed by atoms with van der Waals surface area (Å²) in [5.74, 6) is 2.69. The number of ether oxygens (including phenoxy) is 2. The molecule has 3 N–H and O–H groups in total. The number of nitrogens with one attached hydrogen (secondary N) is 1. The number of guanidine groups is 1. The smallest absolute Gasteiger partial charge is 0.193 e. The fourth-order valence-corrected chi connectivity index (χ4v) is 3.29. The van der Waals surface area contributed by atoms with E-state index in [9.17, 15) is 0 Å². The van der Waals surface area contributed by atoms with Crippen molar-refractivity contribution in [3.8, 4) is 11.5 Å². The van der Waals surface area contributed by atoms with Crippen molar-refractivity contribution in [2.75, 3.05) is 57.2 Å². The second-order valence-corrected chi connectivity index (χ2v) is 6.84. The van der Waals surface area contributed by atoms with Crippen molar-refractivity contribution in [2.24, 2.45) is 10.7 Å². The Balaban J connectivity index is 0.00000320. The van der Waals surface area contributed by atoms with Crippen LogP contribution < -0.4 is 25.4 Å². The van der Waals surface area contributed by atoms with Crippen molar-refractivity contribution in [3.05, 3.63) is 42.1 Å². The first-order valence-electron chi connectivity index (χ1n) is 9.84. The third-order valence-corrected chi connectivity index (χ3v) is 5.05. The van der Waals surface area contributed by atoms with Crippen molar-refractivity contribution in [1.29, 1.82) is 0 Å². The highest BCUT2D eigenvalue weighted by atomic mass is 127. The van der Waals surface area contributed by atoms with Crippen LogP contribution in [0.3, 0.4) is 0 Å². The van der Waals surface area contributed by atoms with E-state index in [4.69, 9.17) is 15.2 Å². The summed E-state index contributed by atoms with van der Waals surface area (Å²) in [5, 5.41) is 3.09. The first-order valence-corrected chi connectivity index (χ1v) is 9.84. The van der Waals surface area contributed by atoms with Crippen LogP contribution in [-0.4, -0.2) is 62.8 Å². The van der Waals surface area contributed by atoms with Crippen molar-refractivity contribution in [2.45, 2.75) is 13.5 Å². The monoisotopic (exact) mass is 526 g/mol. The maximum absolute atomic E-state index is 6.09. The number of nitrogens with zero attached hydrogens (tertiary/aromatic N) is 4. The summed E-state index contributed by atoms with van der Waals surface area (Å²) in [5.41, 5.74) is 7.86. The molecule has 0 unspecified atom stereocenters. The van der Waals surface area contributed by atoms with E-state index in [0.29, 0.717) is 29.7 Å². The molecule has 8 nitrogen and oxygen atoms in total. The number of anilines is 2. The Kier molecular flexibility index (Phi) is 9.44. The minimum Gasteiger partial charge on any atom is -0.497 e. The molecule has 2 heterocycles. The summed E-state index contributed by atoms with van der Waals surface area (Å²) < 4.78 is 10.6. The number of hydrogen-bond donors (Lipinski definition) is 2. The van der Waals surface area contributed by atoms with E-state index >= 15 is 0 Å². The average Bonchev–Trinajstić information content (AvgIpc) is 2.78. The van der Waals surface area contributed by atoms with E-state index in [1.54, 1.807) is 14.2 Å². The third kappa shape index (κ3) is 6.36. The number of aliphatic imine (C=N–C) groups is 1. The van der Waals surface area contributed by atoms with Gasteiger partial charge in [0.2, 0.25) is 0 Å². The predicted octanol–water partition coefficient (Wildman–Crippen LogP) is 2.79. The first kappa shape index (κ1) is 24.0. The molecule has 1 aromatic carbocycles. The Bertz CT molecular complexity index is 840. The van der Waals surface area contributed by atoms with E-state index in [0.717, 1.165) is 44.1 Å². The Morgan fingerprint density at radius 2 is 1.90 bits per heavy atom. The van der Waals surface area contributed by atoms with Crippen LogP contribution in [0, 0.1) is 0 Å². The number of benzene rings is 1. The molecule has 0 aliphatic carbocycles. The molecule has 30 heavy (non-hydrogen) atoms. The van der Waals surface area contributed by atoms with Gasteiger partial charge < -0.3 is 30.3 Å². The predicted molar refractivity (Wildman–Crippen MR) is 132 cm³/mol. The molecule has 0 spiro atoms. The number of halogens is 1. The van der Waals surface area contributed by atoms with E-state index in [-0.39, 0.29) is 24.0 Å². The second kappa shape index (κ2) is 11.8. The Hall–Kier alpha value is -2.27. The maximum atomic E-state index is 6.09. The lowest BCUT2D eigenvalue weighted by Crippen LogP contribution is -2.46. The normalized spacial score (nSPS) is 14.8. The van der Waals surface area contributed by atoms with Gasteiger partial charge in [0.25, 0.3) is 0 Å². The van der Waals surface area contributed by atoms with E-state index in [1.807, 2.05) is 30.5 Å². The van der Waals surface area contributed by atoms with Gasteiger partial charge in [-0.25, -0.2) is 9.98 Å². The van der Waals surface area contributed by atoms with Gasteiger partial charge in [-0.3, -0.25) is 0 Å². The van der Waals surface area contributed by atoms with Gasteiger partial charge in [-0.2, -0.15) is 0 Å². The SMILES string of the molecule is CCN1CCN(c2cc(CN=C(N)Nc3cc(OC)ccc3OC)ccn2)CC1.I. The number of nitrogens with two attached hydrogens (primary N) is 1. The van der Waals surface area contributed by atoms with Crippen molar-refractivity contribution < 1.29 is 9.47 Å². The lowest BCUT2D eigenvalue weighted by atomic mass is 10.2. The van der Waals surface area contributed by atoms with Gasteiger partial charge in [-0.15, -0.1) is 24.0 Å². The van der Waals surface area contributed by atoms with Gasteiger partial charge in [0.15, 0.2) is 5.96 Å². The van der Waals surface area contributed by atoms with Gasteiger partial charge in [-0.05, 0) is 36.4 Å². The Morgan fingerprint density at radius 3 is 2.57 bits per heavy atom. The lowest BCUT2D eigenvalue weighted by molar-refractivity contribution is 0.270. The first-order chi connectivity index (χ1) is 14.1. The molecule has 3 rings (SSSR count).